The fourth-order valence-electron chi connectivity index (χ4n) is 1.86. The van der Waals surface area contributed by atoms with E-state index in [0.29, 0.717) is 0 Å². The Kier molecular flexibility index (Phi) is 4.93. The Morgan fingerprint density at radius 1 is 1.16 bits per heavy atom. The summed E-state index contributed by atoms with van der Waals surface area (Å²) in [6.45, 7) is 14.8. The normalized spacial score (nSPS) is 14.8. The number of nitrogens with zero attached hydrogens (tertiary/aromatic N) is 1. The molecule has 0 amide bonds. The van der Waals surface area contributed by atoms with E-state index in [9.17, 15) is 0 Å². The summed E-state index contributed by atoms with van der Waals surface area (Å²) in [5.74, 6) is 0. The molecule has 0 aliphatic carbocycles. The van der Waals surface area contributed by atoms with Crippen LogP contribution in [0.15, 0.2) is 18.3 Å². The van der Waals surface area contributed by atoms with Gasteiger partial charge < -0.3 is 10.2 Å². The summed E-state index contributed by atoms with van der Waals surface area (Å²) in [6, 6.07) is 4.10. The first-order valence-corrected chi connectivity index (χ1v) is 9.15. The van der Waals surface area contributed by atoms with Crippen LogP contribution in [-0.2, 0) is 9.96 Å². The highest BCUT2D eigenvalue weighted by atomic mass is 28.3. The standard InChI is InChI=1S/C15H27N2OSi/c1-14(2,3)13(18-19(6)7)12-9-8-11(10-17-12)15(4,5)16/h8-10,13H,16H2,1-7H3. The predicted octanol–water partition coefficient (Wildman–Crippen LogP) is 3.63. The van der Waals surface area contributed by atoms with Crippen LogP contribution in [0.5, 0.6) is 0 Å². The van der Waals surface area contributed by atoms with Gasteiger partial charge in [-0.1, -0.05) is 26.8 Å². The van der Waals surface area contributed by atoms with Crippen molar-refractivity contribution in [2.45, 2.75) is 59.4 Å². The second kappa shape index (κ2) is 5.73. The third-order valence-electron chi connectivity index (χ3n) is 2.94. The molecule has 2 N–H and O–H groups in total. The quantitative estimate of drug-likeness (QED) is 0.856. The Hall–Kier alpha value is -0.713. The zero-order chi connectivity index (χ0) is 14.8. The Balaban J connectivity index is 3.05. The topological polar surface area (TPSA) is 48.1 Å². The van der Waals surface area contributed by atoms with Crippen molar-refractivity contribution in [3.63, 3.8) is 0 Å². The average molecular weight is 279 g/mol. The number of rotatable bonds is 4. The Morgan fingerprint density at radius 2 is 1.74 bits per heavy atom. The van der Waals surface area contributed by atoms with Crippen molar-refractivity contribution in [2.24, 2.45) is 11.1 Å². The second-order valence-electron chi connectivity index (χ2n) is 6.97. The molecule has 0 saturated carbocycles. The molecule has 0 aromatic carbocycles. The van der Waals surface area contributed by atoms with E-state index in [1.807, 2.05) is 26.1 Å². The maximum absolute atomic E-state index is 6.13. The van der Waals surface area contributed by atoms with Gasteiger partial charge in [-0.25, -0.2) is 0 Å². The lowest BCUT2D eigenvalue weighted by molar-refractivity contribution is 0.0826. The smallest absolute Gasteiger partial charge is 0.205 e. The van der Waals surface area contributed by atoms with E-state index in [4.69, 9.17) is 10.2 Å². The summed E-state index contributed by atoms with van der Waals surface area (Å²) in [5, 5.41) is 0. The third kappa shape index (κ3) is 4.71. The van der Waals surface area contributed by atoms with Crippen LogP contribution in [0, 0.1) is 5.41 Å². The van der Waals surface area contributed by atoms with Gasteiger partial charge in [-0.05, 0) is 44.0 Å². The van der Waals surface area contributed by atoms with Crippen LogP contribution in [0.4, 0.5) is 0 Å². The van der Waals surface area contributed by atoms with Crippen LogP contribution in [0.3, 0.4) is 0 Å². The van der Waals surface area contributed by atoms with Crippen molar-refractivity contribution in [1.29, 1.82) is 0 Å². The average Bonchev–Trinajstić information content (AvgIpc) is 2.23. The number of hydrogen-bond donors (Lipinski definition) is 1. The zero-order valence-corrected chi connectivity index (χ0v) is 14.2. The Bertz CT molecular complexity index is 402. The first kappa shape index (κ1) is 16.3. The maximum atomic E-state index is 6.13. The fraction of sp³-hybridized carbons (Fsp3) is 0.667. The van der Waals surface area contributed by atoms with Crippen LogP contribution < -0.4 is 5.73 Å². The molecule has 4 heteroatoms. The molecule has 0 saturated heterocycles. The van der Waals surface area contributed by atoms with Crippen molar-refractivity contribution in [2.75, 3.05) is 0 Å². The van der Waals surface area contributed by atoms with Crippen LogP contribution >= 0.6 is 0 Å². The summed E-state index contributed by atoms with van der Waals surface area (Å²) in [6.07, 6.45) is 1.90. The van der Waals surface area contributed by atoms with Gasteiger partial charge in [-0.2, -0.15) is 0 Å². The van der Waals surface area contributed by atoms with Gasteiger partial charge in [0.1, 0.15) is 0 Å². The lowest BCUT2D eigenvalue weighted by Gasteiger charge is -2.32. The van der Waals surface area contributed by atoms with E-state index < -0.39 is 9.04 Å². The summed E-state index contributed by atoms with van der Waals surface area (Å²) in [4.78, 5) is 4.58. The molecule has 1 unspecified atom stereocenters. The van der Waals surface area contributed by atoms with Crippen molar-refractivity contribution in [3.05, 3.63) is 29.6 Å². The van der Waals surface area contributed by atoms with Gasteiger partial charge in [0.05, 0.1) is 11.8 Å². The highest BCUT2D eigenvalue weighted by Crippen LogP contribution is 2.35. The van der Waals surface area contributed by atoms with Crippen molar-refractivity contribution in [3.8, 4) is 0 Å². The lowest BCUT2D eigenvalue weighted by atomic mass is 9.86. The van der Waals surface area contributed by atoms with Gasteiger partial charge in [0.2, 0.25) is 9.04 Å². The van der Waals surface area contributed by atoms with E-state index >= 15 is 0 Å². The maximum Gasteiger partial charge on any atom is 0.205 e. The van der Waals surface area contributed by atoms with Gasteiger partial charge >= 0.3 is 0 Å². The van der Waals surface area contributed by atoms with Gasteiger partial charge in [0.15, 0.2) is 0 Å². The summed E-state index contributed by atoms with van der Waals surface area (Å²) >= 11 is 0. The van der Waals surface area contributed by atoms with E-state index in [0.717, 1.165) is 11.3 Å². The molecular weight excluding hydrogens is 252 g/mol. The van der Waals surface area contributed by atoms with Crippen LogP contribution in [-0.4, -0.2) is 14.0 Å². The van der Waals surface area contributed by atoms with Gasteiger partial charge in [-0.15, -0.1) is 0 Å². The molecule has 107 valence electrons. The minimum atomic E-state index is -0.766. The molecule has 1 radical (unpaired) electrons. The van der Waals surface area contributed by atoms with Gasteiger partial charge in [-0.3, -0.25) is 4.98 Å². The van der Waals surface area contributed by atoms with Crippen LogP contribution in [0.25, 0.3) is 0 Å². The van der Waals surface area contributed by atoms with Crippen LogP contribution in [0.1, 0.15) is 52.0 Å². The number of aromatic nitrogens is 1. The van der Waals surface area contributed by atoms with Crippen molar-refractivity contribution < 1.29 is 4.43 Å². The molecule has 1 aromatic heterocycles. The van der Waals surface area contributed by atoms with Crippen molar-refractivity contribution in [1.82, 2.24) is 4.98 Å². The SMILES string of the molecule is C[Si](C)OC(c1ccc(C(C)(C)N)cn1)C(C)(C)C. The largest absolute Gasteiger partial charge is 0.408 e. The molecule has 1 heterocycles. The molecule has 19 heavy (non-hydrogen) atoms. The molecular formula is C15H27N2OSi. The summed E-state index contributed by atoms with van der Waals surface area (Å²) < 4.78 is 6.13. The molecule has 1 atom stereocenters. The number of nitrogens with two attached hydrogens (primary N) is 1. The second-order valence-corrected chi connectivity index (χ2v) is 9.02. The predicted molar refractivity (Wildman–Crippen MR) is 82.2 cm³/mol. The van der Waals surface area contributed by atoms with Gasteiger partial charge in [0, 0.05) is 11.7 Å². The molecule has 1 aromatic rings. The lowest BCUT2D eigenvalue weighted by Crippen LogP contribution is -2.30. The first-order valence-electron chi connectivity index (χ1n) is 6.74. The molecule has 3 nitrogen and oxygen atoms in total. The molecule has 0 bridgehead atoms. The zero-order valence-electron chi connectivity index (χ0n) is 13.2. The highest BCUT2D eigenvalue weighted by Gasteiger charge is 2.29. The van der Waals surface area contributed by atoms with E-state index in [2.05, 4.69) is 44.9 Å². The highest BCUT2D eigenvalue weighted by molar-refractivity contribution is 6.48. The molecule has 0 fully saturated rings. The molecule has 0 aliphatic rings. The minimum Gasteiger partial charge on any atom is -0.408 e. The van der Waals surface area contributed by atoms with Crippen molar-refractivity contribution >= 4 is 9.04 Å². The summed E-state index contributed by atoms with van der Waals surface area (Å²) in [5.41, 5.74) is 7.80. The van der Waals surface area contributed by atoms with E-state index in [1.54, 1.807) is 0 Å². The first-order chi connectivity index (χ1) is 8.51. The minimum absolute atomic E-state index is 0.0336. The monoisotopic (exact) mass is 279 g/mol. The molecule has 0 spiro atoms. The fourth-order valence-corrected chi connectivity index (χ4v) is 2.80. The van der Waals surface area contributed by atoms with Gasteiger partial charge in [0.25, 0.3) is 0 Å². The molecule has 1 rings (SSSR count). The number of hydrogen-bond acceptors (Lipinski definition) is 3. The number of pyridine rings is 1. The third-order valence-corrected chi connectivity index (χ3v) is 3.65. The Labute approximate surface area is 119 Å². The van der Waals surface area contributed by atoms with Crippen LogP contribution in [0.2, 0.25) is 13.1 Å². The van der Waals surface area contributed by atoms with E-state index in [1.165, 1.54) is 0 Å². The summed E-state index contributed by atoms with van der Waals surface area (Å²) in [7, 11) is -0.766. The Morgan fingerprint density at radius 3 is 2.05 bits per heavy atom. The molecule has 0 aliphatic heterocycles. The van der Waals surface area contributed by atoms with E-state index in [-0.39, 0.29) is 17.1 Å².